The van der Waals surface area contributed by atoms with Crippen molar-refractivity contribution in [2.45, 2.75) is 27.7 Å². The number of halogens is 1. The van der Waals surface area contributed by atoms with Crippen LogP contribution in [-0.2, 0) is 23.9 Å². The molecule has 0 aromatic carbocycles. The fourth-order valence-corrected chi connectivity index (χ4v) is 1.15. The zero-order valence-corrected chi connectivity index (χ0v) is 15.5. The number of carbonyl (C=O) groups is 4. The van der Waals surface area contributed by atoms with Crippen LogP contribution in [-0.4, -0.2) is 47.2 Å². The van der Waals surface area contributed by atoms with Crippen molar-refractivity contribution in [2.24, 2.45) is 5.73 Å². The molecule has 0 spiro atoms. The zero-order valence-electron chi connectivity index (χ0n) is 14.0. The Morgan fingerprint density at radius 3 is 2.04 bits per heavy atom. The van der Waals surface area contributed by atoms with Gasteiger partial charge >= 0.3 is 11.9 Å². The van der Waals surface area contributed by atoms with Gasteiger partial charge in [-0.2, -0.15) is 0 Å². The minimum Gasteiger partial charge on any atom is -0.460 e. The Bertz CT molecular complexity index is 539. The molecule has 0 bridgehead atoms. The molecule has 9 nitrogen and oxygen atoms in total. The molecule has 136 valence electrons. The number of primary amides is 1. The highest BCUT2D eigenvalue weighted by molar-refractivity contribution is 9.09. The third kappa shape index (κ3) is 13.4. The molecule has 0 saturated carbocycles. The van der Waals surface area contributed by atoms with E-state index in [4.69, 9.17) is 4.42 Å². The molecule has 1 aromatic heterocycles. The molecule has 0 radical (unpaired) electrons. The molecule has 0 aliphatic heterocycles. The minimum absolute atomic E-state index is 0.0336. The SMILES string of the molecule is CC(N)=O.CCOC(=O)C(=O)CBr.CCOC(=O)c1cnc(C)o1. The van der Waals surface area contributed by atoms with Crippen molar-refractivity contribution < 1.29 is 33.1 Å². The summed E-state index contributed by atoms with van der Waals surface area (Å²) in [6.07, 6.45) is 1.35. The van der Waals surface area contributed by atoms with Gasteiger partial charge in [-0.3, -0.25) is 9.59 Å². The van der Waals surface area contributed by atoms with Gasteiger partial charge in [-0.15, -0.1) is 0 Å². The lowest BCUT2D eigenvalue weighted by atomic mass is 10.5. The van der Waals surface area contributed by atoms with Gasteiger partial charge in [-0.25, -0.2) is 14.6 Å². The zero-order chi connectivity index (χ0) is 19.1. The molecule has 0 atom stereocenters. The van der Waals surface area contributed by atoms with Crippen LogP contribution in [0.3, 0.4) is 0 Å². The second-order valence-corrected chi connectivity index (χ2v) is 4.41. The highest BCUT2D eigenvalue weighted by Crippen LogP contribution is 2.03. The lowest BCUT2D eigenvalue weighted by molar-refractivity contribution is -0.152. The summed E-state index contributed by atoms with van der Waals surface area (Å²) in [6, 6.07) is 0. The van der Waals surface area contributed by atoms with E-state index >= 15 is 0 Å². The maximum absolute atomic E-state index is 10.9. The van der Waals surface area contributed by atoms with Crippen molar-refractivity contribution in [2.75, 3.05) is 18.5 Å². The number of carbonyl (C=O) groups excluding carboxylic acids is 4. The largest absolute Gasteiger partial charge is 0.460 e. The standard InChI is InChI=1S/C7H9NO3.C5H7BrO3.C2H5NO/c1-3-10-7(9)6-4-8-5(2)11-6;1-2-9-5(8)4(7)3-6;1-2(3)4/h4H,3H2,1-2H3;2-3H2,1H3;1H3,(H2,3,4). The number of hydrogen-bond donors (Lipinski definition) is 1. The Hall–Kier alpha value is -2.23. The van der Waals surface area contributed by atoms with Gasteiger partial charge in [-0.05, 0) is 13.8 Å². The number of esters is 2. The van der Waals surface area contributed by atoms with Crippen LogP contribution < -0.4 is 5.73 Å². The number of oxazole rings is 1. The number of amides is 1. The number of nitrogens with two attached hydrogens (primary N) is 1. The Kier molecular flexibility index (Phi) is 14.4. The fraction of sp³-hybridized carbons (Fsp3) is 0.500. The molecule has 1 amide bonds. The molecule has 24 heavy (non-hydrogen) atoms. The Morgan fingerprint density at radius 1 is 1.21 bits per heavy atom. The first-order valence-electron chi connectivity index (χ1n) is 6.80. The molecule has 1 heterocycles. The predicted molar refractivity (Wildman–Crippen MR) is 87.5 cm³/mol. The highest BCUT2D eigenvalue weighted by Gasteiger charge is 2.11. The third-order valence-corrected chi connectivity index (χ3v) is 2.23. The average Bonchev–Trinajstić information content (AvgIpc) is 2.93. The van der Waals surface area contributed by atoms with E-state index in [1.807, 2.05) is 0 Å². The number of aryl methyl sites for hydroxylation is 1. The lowest BCUT2D eigenvalue weighted by Gasteiger charge is -1.95. The van der Waals surface area contributed by atoms with Gasteiger partial charge in [0.25, 0.3) is 0 Å². The Balaban J connectivity index is 0. The van der Waals surface area contributed by atoms with Gasteiger partial charge in [0.2, 0.25) is 17.5 Å². The number of aromatic nitrogens is 1. The van der Waals surface area contributed by atoms with Crippen LogP contribution in [0.15, 0.2) is 10.6 Å². The second kappa shape index (κ2) is 14.4. The summed E-state index contributed by atoms with van der Waals surface area (Å²) < 4.78 is 14.0. The number of ether oxygens (including phenoxy) is 2. The molecule has 10 heteroatoms. The highest BCUT2D eigenvalue weighted by atomic mass is 79.9. The van der Waals surface area contributed by atoms with Crippen molar-refractivity contribution >= 4 is 39.6 Å². The van der Waals surface area contributed by atoms with Crippen molar-refractivity contribution in [3.05, 3.63) is 17.8 Å². The minimum atomic E-state index is -0.769. The molecule has 0 aliphatic rings. The molecule has 1 aromatic rings. The van der Waals surface area contributed by atoms with Gasteiger partial charge in [0.1, 0.15) is 0 Å². The molecular weight excluding hydrogens is 388 g/mol. The first-order chi connectivity index (χ1) is 11.2. The van der Waals surface area contributed by atoms with E-state index in [0.717, 1.165) is 0 Å². The summed E-state index contributed by atoms with van der Waals surface area (Å²) in [7, 11) is 0. The summed E-state index contributed by atoms with van der Waals surface area (Å²) in [6.45, 7) is 6.96. The summed E-state index contributed by atoms with van der Waals surface area (Å²) >= 11 is 2.83. The molecule has 0 fully saturated rings. The average molecular weight is 409 g/mol. The number of Topliss-reactive ketones (excluding diaryl/α,β-unsaturated/α-hetero) is 1. The topological polar surface area (TPSA) is 139 Å². The van der Waals surface area contributed by atoms with E-state index in [1.54, 1.807) is 20.8 Å². The van der Waals surface area contributed by atoms with Crippen molar-refractivity contribution in [3.8, 4) is 0 Å². The maximum Gasteiger partial charge on any atom is 0.375 e. The molecule has 0 aliphatic carbocycles. The number of alkyl halides is 1. The molecule has 0 unspecified atom stereocenters. The van der Waals surface area contributed by atoms with Gasteiger partial charge in [-0.1, -0.05) is 15.9 Å². The first kappa shape index (κ1) is 24.0. The number of rotatable bonds is 5. The van der Waals surface area contributed by atoms with Crippen LogP contribution in [0.5, 0.6) is 0 Å². The monoisotopic (exact) mass is 408 g/mol. The molecule has 0 saturated heterocycles. The van der Waals surface area contributed by atoms with E-state index in [9.17, 15) is 19.2 Å². The summed E-state index contributed by atoms with van der Waals surface area (Å²) in [5, 5.41) is 0.0336. The Labute approximate surface area is 148 Å². The van der Waals surface area contributed by atoms with Crippen LogP contribution in [0.2, 0.25) is 0 Å². The lowest BCUT2D eigenvalue weighted by Crippen LogP contribution is -2.17. The van der Waals surface area contributed by atoms with Crippen LogP contribution in [0.4, 0.5) is 0 Å². The smallest absolute Gasteiger partial charge is 0.375 e. The van der Waals surface area contributed by atoms with Crippen LogP contribution in [0.25, 0.3) is 0 Å². The van der Waals surface area contributed by atoms with E-state index in [1.165, 1.54) is 13.1 Å². The van der Waals surface area contributed by atoms with Crippen LogP contribution >= 0.6 is 15.9 Å². The van der Waals surface area contributed by atoms with Crippen molar-refractivity contribution in [1.29, 1.82) is 0 Å². The fourth-order valence-electron chi connectivity index (χ4n) is 0.924. The Morgan fingerprint density at radius 2 is 1.71 bits per heavy atom. The van der Waals surface area contributed by atoms with Crippen molar-refractivity contribution in [3.63, 3.8) is 0 Å². The molecular formula is C14H21BrN2O7. The summed E-state index contributed by atoms with van der Waals surface area (Å²) in [5.74, 6) is -1.49. The third-order valence-electron chi connectivity index (χ3n) is 1.72. The van der Waals surface area contributed by atoms with Crippen LogP contribution in [0, 0.1) is 6.92 Å². The van der Waals surface area contributed by atoms with E-state index in [0.29, 0.717) is 12.5 Å². The number of nitrogens with zero attached hydrogens (tertiary/aromatic N) is 1. The van der Waals surface area contributed by atoms with Gasteiger partial charge in [0.05, 0.1) is 24.7 Å². The van der Waals surface area contributed by atoms with E-state index in [2.05, 4.69) is 36.1 Å². The quantitative estimate of drug-likeness (QED) is 0.434. The van der Waals surface area contributed by atoms with Crippen LogP contribution in [0.1, 0.15) is 37.2 Å². The first-order valence-corrected chi connectivity index (χ1v) is 7.93. The van der Waals surface area contributed by atoms with Crippen molar-refractivity contribution in [1.82, 2.24) is 4.98 Å². The van der Waals surface area contributed by atoms with E-state index in [-0.39, 0.29) is 23.6 Å². The molecule has 2 N–H and O–H groups in total. The number of ketones is 1. The predicted octanol–water partition coefficient (Wildman–Crippen LogP) is 1.16. The van der Waals surface area contributed by atoms with Gasteiger partial charge < -0.3 is 19.6 Å². The molecule has 1 rings (SSSR count). The summed E-state index contributed by atoms with van der Waals surface area (Å²) in [4.78, 5) is 44.6. The summed E-state index contributed by atoms with van der Waals surface area (Å²) in [5.41, 5.74) is 4.47. The van der Waals surface area contributed by atoms with Gasteiger partial charge in [0.15, 0.2) is 5.89 Å². The maximum atomic E-state index is 10.9. The number of hydrogen-bond acceptors (Lipinski definition) is 8. The normalized spacial score (nSPS) is 8.71. The second-order valence-electron chi connectivity index (χ2n) is 3.85. The van der Waals surface area contributed by atoms with Gasteiger partial charge in [0, 0.05) is 13.8 Å². The van der Waals surface area contributed by atoms with E-state index < -0.39 is 17.7 Å².